The third-order valence-corrected chi connectivity index (χ3v) is 8.77. The molecule has 7 nitrogen and oxygen atoms in total. The van der Waals surface area contributed by atoms with E-state index in [0.717, 1.165) is 52.4 Å². The van der Waals surface area contributed by atoms with E-state index in [2.05, 4.69) is 79.8 Å². The summed E-state index contributed by atoms with van der Waals surface area (Å²) in [7, 11) is 16.1. The summed E-state index contributed by atoms with van der Waals surface area (Å²) in [4.78, 5) is 17.8. The van der Waals surface area contributed by atoms with Gasteiger partial charge in [-0.05, 0) is 51.6 Å². The van der Waals surface area contributed by atoms with Crippen LogP contribution in [0.1, 0.15) is 34.7 Å². The topological polar surface area (TPSA) is 72.7 Å². The molecule has 0 aliphatic carbocycles. The van der Waals surface area contributed by atoms with E-state index >= 15 is 0 Å². The molecule has 1 aliphatic heterocycles. The Labute approximate surface area is 236 Å². The number of carbonyl (C=O) groups excluding carboxylic acids is 1. The molecule has 5 rings (SSSR count). The minimum absolute atomic E-state index is 0.140. The van der Waals surface area contributed by atoms with E-state index in [9.17, 15) is 4.79 Å². The summed E-state index contributed by atoms with van der Waals surface area (Å²) in [5, 5.41) is 13.6. The van der Waals surface area contributed by atoms with E-state index in [1.807, 2.05) is 49.6 Å². The van der Waals surface area contributed by atoms with Crippen molar-refractivity contribution in [1.82, 2.24) is 20.0 Å². The van der Waals surface area contributed by atoms with Crippen LogP contribution in [-0.4, -0.2) is 101 Å². The monoisotopic (exact) mass is 513 g/mol. The fraction of sp³-hybridized carbons (Fsp3) is 0.308. The van der Waals surface area contributed by atoms with Crippen molar-refractivity contribution in [3.05, 3.63) is 72.1 Å². The lowest BCUT2D eigenvalue weighted by atomic mass is 9.38. The molecular formula is C26H35B6N6O+. The van der Waals surface area contributed by atoms with E-state index in [4.69, 9.17) is 0 Å². The summed E-state index contributed by atoms with van der Waals surface area (Å²) in [5.41, 5.74) is 3.70. The fourth-order valence-corrected chi connectivity index (χ4v) is 6.66. The van der Waals surface area contributed by atoms with Crippen molar-refractivity contribution >= 4 is 69.6 Å². The maximum atomic E-state index is 13.3. The predicted molar refractivity (Wildman–Crippen MR) is 175 cm³/mol. The van der Waals surface area contributed by atoms with Crippen molar-refractivity contribution in [3.8, 4) is 11.3 Å². The number of hydrogen-bond donors (Lipinski definition) is 1. The number of aryl methyl sites for hydroxylation is 1. The Hall–Kier alpha value is -3.19. The number of nitrogens with zero attached hydrogens (tertiary/aromatic N) is 5. The van der Waals surface area contributed by atoms with Crippen molar-refractivity contribution in [2.45, 2.75) is 29.2 Å². The first kappa shape index (κ1) is 27.4. The highest BCUT2D eigenvalue weighted by atomic mass is 16.1. The van der Waals surface area contributed by atoms with Crippen LogP contribution in [0.15, 0.2) is 60.9 Å². The minimum Gasteiger partial charge on any atom is -0.358 e. The molecule has 4 aromatic rings. The van der Waals surface area contributed by atoms with Crippen molar-refractivity contribution in [2.24, 2.45) is 7.05 Å². The Balaban J connectivity index is 1.32. The number of fused-ring (bicyclic) bond motifs is 1. The Morgan fingerprint density at radius 2 is 1.69 bits per heavy atom. The Kier molecular flexibility index (Phi) is 7.08. The molecule has 0 unspecified atom stereocenters. The normalized spacial score (nSPS) is 16.2. The van der Waals surface area contributed by atoms with Gasteiger partial charge in [-0.3, -0.25) is 9.48 Å². The maximum absolute atomic E-state index is 13.3. The molecule has 1 saturated heterocycles. The number of aromatic nitrogens is 4. The van der Waals surface area contributed by atoms with E-state index in [1.165, 1.54) is 5.56 Å². The molecule has 0 bridgehead atoms. The molecule has 192 valence electrons. The number of nitrogens with one attached hydrogen (secondary N) is 1. The molecule has 0 saturated carbocycles. The van der Waals surface area contributed by atoms with E-state index in [1.54, 1.807) is 10.9 Å². The number of amides is 1. The smallest absolute Gasteiger partial charge is 0.256 e. The van der Waals surface area contributed by atoms with Crippen molar-refractivity contribution < 1.29 is 9.28 Å². The number of rotatable bonds is 6. The quantitative estimate of drug-likeness (QED) is 0.240. The maximum Gasteiger partial charge on any atom is 0.256 e. The molecule has 13 heteroatoms. The number of likely N-dealkylation sites (tertiary alicyclic amines) is 1. The lowest BCUT2D eigenvalue weighted by molar-refractivity contribution is -0.952. The number of hydrogen-bond acceptors (Lipinski definition) is 4. The first-order valence-electron chi connectivity index (χ1n) is 13.9. The number of pyridine rings is 1. The van der Waals surface area contributed by atoms with Gasteiger partial charge in [-0.2, -0.15) is 0 Å². The van der Waals surface area contributed by atoms with Gasteiger partial charge in [-0.1, -0.05) is 29.5 Å². The second kappa shape index (κ2) is 10.1. The van der Waals surface area contributed by atoms with Crippen LogP contribution in [0.25, 0.3) is 22.0 Å². The van der Waals surface area contributed by atoms with E-state index < -0.39 is 0 Å². The van der Waals surface area contributed by atoms with Gasteiger partial charge in [0.15, 0.2) is 47.1 Å². The van der Waals surface area contributed by atoms with Crippen LogP contribution in [-0.2, 0) is 7.05 Å². The molecule has 1 amide bonds. The highest BCUT2D eigenvalue weighted by Gasteiger charge is 2.49. The molecular weight excluding hydrogens is 477 g/mol. The minimum atomic E-state index is -0.140. The summed E-state index contributed by atoms with van der Waals surface area (Å²) in [6.07, 6.45) is 5.92. The summed E-state index contributed by atoms with van der Waals surface area (Å²) in [6, 6.07) is 16.1. The number of anilines is 1. The molecule has 0 radical (unpaired) electrons. The van der Waals surface area contributed by atoms with Gasteiger partial charge in [0.05, 0.1) is 19.3 Å². The standard InChI is InChI=1S/C26H34B6N6O/c1-37-15-22(35-36-37)18-5-6-20-14-33-23(13-21(20)12-18)34-24(39)19-4-2-3-17(11-19)16-7-9-38(10-8-16,25(27,28)29)26(30,31)32/h2-6,11-16H,7-10,27-32H2,1H3/p+1. The zero-order chi connectivity index (χ0) is 28.0. The summed E-state index contributed by atoms with van der Waals surface area (Å²) >= 11 is 0. The lowest BCUT2D eigenvalue weighted by Gasteiger charge is -2.62. The van der Waals surface area contributed by atoms with Crippen LogP contribution < -0.4 is 5.32 Å². The molecule has 2 aromatic heterocycles. The van der Waals surface area contributed by atoms with Crippen molar-refractivity contribution in [3.63, 3.8) is 0 Å². The first-order chi connectivity index (χ1) is 18.4. The molecule has 3 heterocycles. The van der Waals surface area contributed by atoms with Crippen LogP contribution in [0.4, 0.5) is 5.82 Å². The average Bonchev–Trinajstić information content (AvgIpc) is 3.33. The van der Waals surface area contributed by atoms with E-state index in [-0.39, 0.29) is 16.4 Å². The number of quaternary nitrogens is 1. The van der Waals surface area contributed by atoms with Gasteiger partial charge >= 0.3 is 0 Å². The van der Waals surface area contributed by atoms with Crippen LogP contribution in [0.2, 0.25) is 0 Å². The van der Waals surface area contributed by atoms with Crippen molar-refractivity contribution in [2.75, 3.05) is 18.4 Å². The molecule has 1 N–H and O–H groups in total. The van der Waals surface area contributed by atoms with Crippen LogP contribution in [0, 0.1) is 0 Å². The predicted octanol–water partition coefficient (Wildman–Crippen LogP) is -2.00. The zero-order valence-corrected chi connectivity index (χ0v) is 24.3. The van der Waals surface area contributed by atoms with Gasteiger partial charge < -0.3 is 9.80 Å². The summed E-state index contributed by atoms with van der Waals surface area (Å²) in [6.45, 7) is 2.29. The van der Waals surface area contributed by atoms with Crippen LogP contribution in [0.3, 0.4) is 0 Å². The van der Waals surface area contributed by atoms with Gasteiger partial charge in [0, 0.05) is 42.6 Å². The molecule has 2 aromatic carbocycles. The molecule has 0 spiro atoms. The highest BCUT2D eigenvalue weighted by Crippen LogP contribution is 2.38. The SMILES string of the molecule is BC(B)(B)[N+]1(C(B)(B)B)CCC(c2cccc(C(=O)Nc3cc4cc(-c5cn(C)nn5)ccc4cn3)c2)CC1. The third-order valence-electron chi connectivity index (χ3n) is 8.77. The second-order valence-electron chi connectivity index (χ2n) is 13.0. The molecule has 1 fully saturated rings. The highest BCUT2D eigenvalue weighted by molar-refractivity contribution is 6.61. The van der Waals surface area contributed by atoms with Gasteiger partial charge in [0.25, 0.3) is 5.91 Å². The Morgan fingerprint density at radius 1 is 0.974 bits per heavy atom. The third kappa shape index (κ3) is 5.33. The van der Waals surface area contributed by atoms with Gasteiger partial charge in [0.1, 0.15) is 11.5 Å². The van der Waals surface area contributed by atoms with Gasteiger partial charge in [-0.25, -0.2) is 4.98 Å². The van der Waals surface area contributed by atoms with Gasteiger partial charge in [0.2, 0.25) is 0 Å². The van der Waals surface area contributed by atoms with E-state index in [0.29, 0.717) is 17.3 Å². The number of carbonyl (C=O) groups is 1. The Bertz CT molecular complexity index is 1510. The number of benzene rings is 2. The fourth-order valence-electron chi connectivity index (χ4n) is 6.66. The summed E-state index contributed by atoms with van der Waals surface area (Å²) < 4.78 is 2.80. The first-order valence-corrected chi connectivity index (χ1v) is 13.9. The average molecular weight is 512 g/mol. The molecule has 0 atom stereocenters. The molecule has 39 heavy (non-hydrogen) atoms. The van der Waals surface area contributed by atoms with Gasteiger partial charge in [-0.15, -0.1) is 5.10 Å². The Morgan fingerprint density at radius 3 is 2.33 bits per heavy atom. The van der Waals surface area contributed by atoms with Crippen LogP contribution in [0.5, 0.6) is 0 Å². The van der Waals surface area contributed by atoms with Crippen LogP contribution >= 0.6 is 0 Å². The summed E-state index contributed by atoms with van der Waals surface area (Å²) in [5.74, 6) is 0.857. The lowest BCUT2D eigenvalue weighted by Crippen LogP contribution is -2.78. The second-order valence-corrected chi connectivity index (χ2v) is 13.0. The van der Waals surface area contributed by atoms with Crippen molar-refractivity contribution in [1.29, 1.82) is 0 Å². The zero-order valence-electron chi connectivity index (χ0n) is 24.3. The molecule has 1 aliphatic rings. The number of piperidine rings is 1. The largest absolute Gasteiger partial charge is 0.358 e.